The molecule has 5 heteroatoms. The zero-order valence-electron chi connectivity index (χ0n) is 12.8. The summed E-state index contributed by atoms with van der Waals surface area (Å²) in [5.74, 6) is 0.0126. The lowest BCUT2D eigenvalue weighted by Crippen LogP contribution is -2.07. The van der Waals surface area contributed by atoms with E-state index in [9.17, 15) is 9.59 Å². The van der Waals surface area contributed by atoms with E-state index in [1.807, 2.05) is 0 Å². The standard InChI is InChI=1S/C16H22O5/c1-4-5-6-7-10-19-14-8-9-15(20-12(2)17)16(11-14)21-13(3)18/h8-9,11H,4-7,10H2,1-3H3. The molecular formula is C16H22O5. The molecule has 0 bridgehead atoms. The van der Waals surface area contributed by atoms with Gasteiger partial charge >= 0.3 is 11.9 Å². The summed E-state index contributed by atoms with van der Waals surface area (Å²) < 4.78 is 15.6. The average Bonchev–Trinajstić information content (AvgIpc) is 2.40. The molecule has 1 aromatic carbocycles. The molecule has 21 heavy (non-hydrogen) atoms. The quantitative estimate of drug-likeness (QED) is 0.417. The first kappa shape index (κ1) is 17.0. The summed E-state index contributed by atoms with van der Waals surface area (Å²) in [6, 6.07) is 4.80. The van der Waals surface area contributed by atoms with Gasteiger partial charge in [-0.25, -0.2) is 0 Å². The van der Waals surface area contributed by atoms with Crippen LogP contribution in [0.5, 0.6) is 17.2 Å². The first-order chi connectivity index (χ1) is 10.0. The van der Waals surface area contributed by atoms with Gasteiger partial charge in [0, 0.05) is 19.9 Å². The minimum absolute atomic E-state index is 0.184. The molecule has 116 valence electrons. The van der Waals surface area contributed by atoms with Crippen molar-refractivity contribution in [1.29, 1.82) is 0 Å². The number of carbonyl (C=O) groups is 2. The van der Waals surface area contributed by atoms with Gasteiger partial charge in [-0.2, -0.15) is 0 Å². The number of rotatable bonds is 8. The van der Waals surface area contributed by atoms with Crippen LogP contribution in [0.2, 0.25) is 0 Å². The fourth-order valence-electron chi connectivity index (χ4n) is 1.77. The molecule has 0 heterocycles. The van der Waals surface area contributed by atoms with E-state index in [4.69, 9.17) is 14.2 Å². The summed E-state index contributed by atoms with van der Waals surface area (Å²) in [5.41, 5.74) is 0. The molecule has 5 nitrogen and oxygen atoms in total. The second-order valence-electron chi connectivity index (χ2n) is 4.70. The molecule has 0 spiro atoms. The van der Waals surface area contributed by atoms with Crippen LogP contribution in [-0.2, 0) is 9.59 Å². The molecule has 0 aliphatic heterocycles. The molecule has 0 atom stereocenters. The predicted molar refractivity (Wildman–Crippen MR) is 78.7 cm³/mol. The largest absolute Gasteiger partial charge is 0.493 e. The number of ether oxygens (including phenoxy) is 3. The molecule has 0 N–H and O–H groups in total. The SMILES string of the molecule is CCCCCCOc1ccc(OC(C)=O)c(OC(C)=O)c1. The second-order valence-corrected chi connectivity index (χ2v) is 4.70. The van der Waals surface area contributed by atoms with Gasteiger partial charge in [0.05, 0.1) is 6.61 Å². The summed E-state index contributed by atoms with van der Waals surface area (Å²) >= 11 is 0. The molecule has 0 fully saturated rings. The smallest absolute Gasteiger partial charge is 0.308 e. The Morgan fingerprint density at radius 3 is 2.24 bits per heavy atom. The van der Waals surface area contributed by atoms with Gasteiger partial charge in [0.2, 0.25) is 0 Å². The summed E-state index contributed by atoms with van der Waals surface area (Å²) in [4.78, 5) is 22.1. The topological polar surface area (TPSA) is 61.8 Å². The van der Waals surface area contributed by atoms with Crippen molar-refractivity contribution in [3.8, 4) is 17.2 Å². The van der Waals surface area contributed by atoms with E-state index in [-0.39, 0.29) is 11.5 Å². The Morgan fingerprint density at radius 1 is 0.952 bits per heavy atom. The van der Waals surface area contributed by atoms with E-state index >= 15 is 0 Å². The third kappa shape index (κ3) is 6.79. The lowest BCUT2D eigenvalue weighted by atomic mass is 10.2. The third-order valence-electron chi connectivity index (χ3n) is 2.69. The first-order valence-corrected chi connectivity index (χ1v) is 7.16. The Labute approximate surface area is 125 Å². The van der Waals surface area contributed by atoms with E-state index in [0.717, 1.165) is 12.8 Å². The van der Waals surface area contributed by atoms with E-state index in [1.165, 1.54) is 26.7 Å². The van der Waals surface area contributed by atoms with Gasteiger partial charge in [-0.3, -0.25) is 9.59 Å². The van der Waals surface area contributed by atoms with Crippen LogP contribution in [0.25, 0.3) is 0 Å². The molecule has 0 aromatic heterocycles. The highest BCUT2D eigenvalue weighted by Crippen LogP contribution is 2.32. The minimum atomic E-state index is -0.483. The summed E-state index contributed by atoms with van der Waals surface area (Å²) in [6.45, 7) is 5.33. The number of unbranched alkanes of at least 4 members (excludes halogenated alkanes) is 3. The van der Waals surface area contributed by atoms with Gasteiger partial charge in [0.25, 0.3) is 0 Å². The molecule has 1 aromatic rings. The third-order valence-corrected chi connectivity index (χ3v) is 2.69. The van der Waals surface area contributed by atoms with Crippen LogP contribution in [-0.4, -0.2) is 18.5 Å². The van der Waals surface area contributed by atoms with E-state index in [2.05, 4.69) is 6.92 Å². The maximum absolute atomic E-state index is 11.1. The van der Waals surface area contributed by atoms with E-state index in [1.54, 1.807) is 18.2 Å². The number of hydrogen-bond acceptors (Lipinski definition) is 5. The van der Waals surface area contributed by atoms with Gasteiger partial charge < -0.3 is 14.2 Å². The van der Waals surface area contributed by atoms with Crippen LogP contribution in [0.4, 0.5) is 0 Å². The highest BCUT2D eigenvalue weighted by molar-refractivity contribution is 5.73. The normalized spacial score (nSPS) is 10.0. The van der Waals surface area contributed by atoms with Crippen molar-refractivity contribution >= 4 is 11.9 Å². The fourth-order valence-corrected chi connectivity index (χ4v) is 1.77. The Kier molecular flexibility index (Phi) is 7.29. The maximum Gasteiger partial charge on any atom is 0.308 e. The lowest BCUT2D eigenvalue weighted by Gasteiger charge is -2.11. The van der Waals surface area contributed by atoms with E-state index < -0.39 is 11.9 Å². The van der Waals surface area contributed by atoms with Crippen LogP contribution in [0.1, 0.15) is 46.5 Å². The molecule has 0 aliphatic rings. The zero-order valence-corrected chi connectivity index (χ0v) is 12.8. The molecule has 0 unspecified atom stereocenters. The maximum atomic E-state index is 11.1. The van der Waals surface area contributed by atoms with Crippen molar-refractivity contribution in [2.24, 2.45) is 0 Å². The zero-order chi connectivity index (χ0) is 15.7. The highest BCUT2D eigenvalue weighted by atomic mass is 16.6. The summed E-state index contributed by atoms with van der Waals surface area (Å²) in [5, 5.41) is 0. The van der Waals surface area contributed by atoms with Crippen molar-refractivity contribution < 1.29 is 23.8 Å². The Hall–Kier alpha value is -2.04. The highest BCUT2D eigenvalue weighted by Gasteiger charge is 2.11. The second kappa shape index (κ2) is 9.00. The van der Waals surface area contributed by atoms with Crippen molar-refractivity contribution in [1.82, 2.24) is 0 Å². The molecular weight excluding hydrogens is 272 g/mol. The van der Waals surface area contributed by atoms with Gasteiger partial charge in [-0.15, -0.1) is 0 Å². The minimum Gasteiger partial charge on any atom is -0.493 e. The number of esters is 2. The molecule has 0 amide bonds. The Morgan fingerprint density at radius 2 is 1.62 bits per heavy atom. The van der Waals surface area contributed by atoms with Crippen molar-refractivity contribution in [3.05, 3.63) is 18.2 Å². The van der Waals surface area contributed by atoms with Crippen LogP contribution in [0.3, 0.4) is 0 Å². The Bertz CT molecular complexity index is 482. The van der Waals surface area contributed by atoms with Crippen LogP contribution < -0.4 is 14.2 Å². The van der Waals surface area contributed by atoms with Gasteiger partial charge in [0.1, 0.15) is 5.75 Å². The Balaban J connectivity index is 2.69. The van der Waals surface area contributed by atoms with Crippen LogP contribution in [0.15, 0.2) is 18.2 Å². The molecule has 0 aliphatic carbocycles. The van der Waals surface area contributed by atoms with Crippen molar-refractivity contribution in [3.63, 3.8) is 0 Å². The van der Waals surface area contributed by atoms with Crippen molar-refractivity contribution in [2.75, 3.05) is 6.61 Å². The van der Waals surface area contributed by atoms with Gasteiger partial charge in [-0.05, 0) is 18.6 Å². The fraction of sp³-hybridized carbons (Fsp3) is 0.500. The monoisotopic (exact) mass is 294 g/mol. The van der Waals surface area contributed by atoms with Crippen molar-refractivity contribution in [2.45, 2.75) is 46.5 Å². The number of benzene rings is 1. The summed E-state index contributed by atoms with van der Waals surface area (Å²) in [7, 11) is 0. The van der Waals surface area contributed by atoms with Gasteiger partial charge in [0.15, 0.2) is 11.5 Å². The van der Waals surface area contributed by atoms with E-state index in [0.29, 0.717) is 12.4 Å². The molecule has 1 rings (SSSR count). The molecule has 0 saturated carbocycles. The number of carbonyl (C=O) groups excluding carboxylic acids is 2. The predicted octanol–water partition coefficient (Wildman–Crippen LogP) is 3.50. The first-order valence-electron chi connectivity index (χ1n) is 7.16. The van der Waals surface area contributed by atoms with Crippen LogP contribution in [0, 0.1) is 0 Å². The average molecular weight is 294 g/mol. The summed E-state index contributed by atoms with van der Waals surface area (Å²) in [6.07, 6.45) is 4.46. The molecule has 0 radical (unpaired) electrons. The lowest BCUT2D eigenvalue weighted by molar-refractivity contribution is -0.134. The molecule has 0 saturated heterocycles. The number of hydrogen-bond donors (Lipinski definition) is 0. The van der Waals surface area contributed by atoms with Crippen LogP contribution >= 0.6 is 0 Å². The van der Waals surface area contributed by atoms with Gasteiger partial charge in [-0.1, -0.05) is 26.2 Å².